The van der Waals surface area contributed by atoms with Gasteiger partial charge in [0.05, 0.1) is 11.9 Å². The summed E-state index contributed by atoms with van der Waals surface area (Å²) in [7, 11) is 0. The average molecular weight is 277 g/mol. The van der Waals surface area contributed by atoms with Crippen molar-refractivity contribution < 1.29 is 0 Å². The van der Waals surface area contributed by atoms with Crippen molar-refractivity contribution >= 4 is 11.5 Å². The standard InChI is InChI=1S/C17H31N3/c1-5-8-9-10-11-12-18-16-13-15(4)17(19-14-16)20(6-2)7-3/h13-14,18H,5-12H2,1-4H3. The van der Waals surface area contributed by atoms with Gasteiger partial charge in [-0.1, -0.05) is 32.6 Å². The number of aryl methyl sites for hydroxylation is 1. The molecule has 20 heavy (non-hydrogen) atoms. The number of hydrogen-bond donors (Lipinski definition) is 1. The van der Waals surface area contributed by atoms with Crippen LogP contribution in [0.1, 0.15) is 58.4 Å². The Morgan fingerprint density at radius 2 is 1.75 bits per heavy atom. The van der Waals surface area contributed by atoms with Gasteiger partial charge in [0.2, 0.25) is 0 Å². The van der Waals surface area contributed by atoms with Crippen LogP contribution in [0.2, 0.25) is 0 Å². The lowest BCUT2D eigenvalue weighted by Gasteiger charge is -2.22. The fraction of sp³-hybridized carbons (Fsp3) is 0.706. The number of anilines is 2. The second-order valence-electron chi connectivity index (χ2n) is 5.38. The van der Waals surface area contributed by atoms with Crippen LogP contribution >= 0.6 is 0 Å². The van der Waals surface area contributed by atoms with Gasteiger partial charge in [-0.15, -0.1) is 0 Å². The molecule has 1 N–H and O–H groups in total. The molecular weight excluding hydrogens is 246 g/mol. The molecule has 0 saturated carbocycles. The minimum absolute atomic E-state index is 1.01. The highest BCUT2D eigenvalue weighted by Crippen LogP contribution is 2.20. The normalized spacial score (nSPS) is 10.6. The van der Waals surface area contributed by atoms with E-state index < -0.39 is 0 Å². The van der Waals surface area contributed by atoms with Crippen molar-refractivity contribution in [3.8, 4) is 0 Å². The molecule has 0 fully saturated rings. The molecule has 0 aliphatic carbocycles. The van der Waals surface area contributed by atoms with E-state index in [1.54, 1.807) is 0 Å². The molecule has 0 radical (unpaired) electrons. The zero-order chi connectivity index (χ0) is 14.8. The molecule has 0 atom stereocenters. The fourth-order valence-corrected chi connectivity index (χ4v) is 2.48. The molecule has 114 valence electrons. The van der Waals surface area contributed by atoms with Crippen molar-refractivity contribution in [3.05, 3.63) is 17.8 Å². The zero-order valence-electron chi connectivity index (χ0n) is 13.7. The van der Waals surface area contributed by atoms with Gasteiger partial charge in [-0.25, -0.2) is 4.98 Å². The molecule has 0 spiro atoms. The maximum atomic E-state index is 4.61. The molecule has 0 bridgehead atoms. The topological polar surface area (TPSA) is 28.2 Å². The molecule has 0 amide bonds. The van der Waals surface area contributed by atoms with Crippen LogP contribution in [0.5, 0.6) is 0 Å². The van der Waals surface area contributed by atoms with E-state index in [0.717, 1.165) is 31.1 Å². The van der Waals surface area contributed by atoms with Gasteiger partial charge < -0.3 is 10.2 Å². The van der Waals surface area contributed by atoms with E-state index in [4.69, 9.17) is 0 Å². The second kappa shape index (κ2) is 9.62. The Labute approximate surface area is 124 Å². The Balaban J connectivity index is 2.43. The van der Waals surface area contributed by atoms with Crippen LogP contribution in [0.15, 0.2) is 12.3 Å². The first-order valence-electron chi connectivity index (χ1n) is 8.18. The van der Waals surface area contributed by atoms with E-state index in [2.05, 4.69) is 49.0 Å². The molecule has 0 aromatic carbocycles. The van der Waals surface area contributed by atoms with Crippen LogP contribution in [0.25, 0.3) is 0 Å². The monoisotopic (exact) mass is 277 g/mol. The number of pyridine rings is 1. The van der Waals surface area contributed by atoms with E-state index in [-0.39, 0.29) is 0 Å². The maximum Gasteiger partial charge on any atom is 0.131 e. The Kier molecular flexibility index (Phi) is 8.08. The van der Waals surface area contributed by atoms with Crippen molar-refractivity contribution in [2.45, 2.75) is 59.8 Å². The average Bonchev–Trinajstić information content (AvgIpc) is 2.46. The predicted octanol–water partition coefficient (Wildman–Crippen LogP) is 4.62. The lowest BCUT2D eigenvalue weighted by molar-refractivity contribution is 0.645. The van der Waals surface area contributed by atoms with E-state index in [9.17, 15) is 0 Å². The first-order chi connectivity index (χ1) is 9.72. The van der Waals surface area contributed by atoms with Gasteiger partial charge in [0, 0.05) is 19.6 Å². The molecule has 1 rings (SSSR count). The van der Waals surface area contributed by atoms with Crippen LogP contribution in [0, 0.1) is 6.92 Å². The van der Waals surface area contributed by atoms with Crippen molar-refractivity contribution in [1.29, 1.82) is 0 Å². The van der Waals surface area contributed by atoms with E-state index in [0.29, 0.717) is 0 Å². The number of nitrogens with zero attached hydrogens (tertiary/aromatic N) is 2. The summed E-state index contributed by atoms with van der Waals surface area (Å²) in [6.07, 6.45) is 8.56. The van der Waals surface area contributed by atoms with Crippen LogP contribution in [0.4, 0.5) is 11.5 Å². The summed E-state index contributed by atoms with van der Waals surface area (Å²) in [6, 6.07) is 2.21. The molecule has 0 unspecified atom stereocenters. The minimum Gasteiger partial charge on any atom is -0.384 e. The van der Waals surface area contributed by atoms with Crippen molar-refractivity contribution in [3.63, 3.8) is 0 Å². The third-order valence-corrected chi connectivity index (χ3v) is 3.72. The molecule has 0 saturated heterocycles. The lowest BCUT2D eigenvalue weighted by atomic mass is 10.1. The molecule has 1 aromatic rings. The van der Waals surface area contributed by atoms with E-state index in [1.807, 2.05) is 6.20 Å². The zero-order valence-corrected chi connectivity index (χ0v) is 13.7. The van der Waals surface area contributed by atoms with Crippen LogP contribution < -0.4 is 10.2 Å². The molecule has 1 heterocycles. The predicted molar refractivity (Wildman–Crippen MR) is 89.8 cm³/mol. The van der Waals surface area contributed by atoms with Crippen LogP contribution in [-0.4, -0.2) is 24.6 Å². The van der Waals surface area contributed by atoms with Gasteiger partial charge in [0.15, 0.2) is 0 Å². The summed E-state index contributed by atoms with van der Waals surface area (Å²) >= 11 is 0. The lowest BCUT2D eigenvalue weighted by Crippen LogP contribution is -2.23. The van der Waals surface area contributed by atoms with Gasteiger partial charge in [-0.3, -0.25) is 0 Å². The number of hydrogen-bond acceptors (Lipinski definition) is 3. The van der Waals surface area contributed by atoms with Crippen molar-refractivity contribution in [2.24, 2.45) is 0 Å². The van der Waals surface area contributed by atoms with Crippen molar-refractivity contribution in [2.75, 3.05) is 29.9 Å². The molecule has 0 aliphatic heterocycles. The van der Waals surface area contributed by atoms with E-state index in [1.165, 1.54) is 37.7 Å². The Morgan fingerprint density at radius 3 is 2.35 bits per heavy atom. The summed E-state index contributed by atoms with van der Waals surface area (Å²) in [5, 5.41) is 3.48. The molecular formula is C17H31N3. The summed E-state index contributed by atoms with van der Waals surface area (Å²) in [4.78, 5) is 6.91. The largest absolute Gasteiger partial charge is 0.384 e. The highest BCUT2D eigenvalue weighted by Gasteiger charge is 2.07. The second-order valence-corrected chi connectivity index (χ2v) is 5.38. The number of aromatic nitrogens is 1. The van der Waals surface area contributed by atoms with Gasteiger partial charge >= 0.3 is 0 Å². The fourth-order valence-electron chi connectivity index (χ4n) is 2.48. The number of nitrogens with one attached hydrogen (secondary N) is 1. The minimum atomic E-state index is 1.01. The smallest absolute Gasteiger partial charge is 0.131 e. The van der Waals surface area contributed by atoms with Gasteiger partial charge in [-0.2, -0.15) is 0 Å². The van der Waals surface area contributed by atoms with Crippen LogP contribution in [-0.2, 0) is 0 Å². The highest BCUT2D eigenvalue weighted by atomic mass is 15.2. The molecule has 1 aromatic heterocycles. The summed E-state index contributed by atoms with van der Waals surface area (Å²) in [6.45, 7) is 11.8. The van der Waals surface area contributed by atoms with Gasteiger partial charge in [-0.05, 0) is 38.8 Å². The first kappa shape index (κ1) is 16.8. The summed E-state index contributed by atoms with van der Waals surface area (Å²) in [5.41, 5.74) is 2.40. The molecule has 3 heteroatoms. The van der Waals surface area contributed by atoms with E-state index >= 15 is 0 Å². The number of unbranched alkanes of at least 4 members (excludes halogenated alkanes) is 4. The Morgan fingerprint density at radius 1 is 1.05 bits per heavy atom. The molecule has 3 nitrogen and oxygen atoms in total. The third-order valence-electron chi connectivity index (χ3n) is 3.72. The Hall–Kier alpha value is -1.25. The van der Waals surface area contributed by atoms with Gasteiger partial charge in [0.25, 0.3) is 0 Å². The molecule has 0 aliphatic rings. The number of rotatable bonds is 10. The van der Waals surface area contributed by atoms with Crippen molar-refractivity contribution in [1.82, 2.24) is 4.98 Å². The Bertz CT molecular complexity index is 372. The highest BCUT2D eigenvalue weighted by molar-refractivity contribution is 5.54. The maximum absolute atomic E-state index is 4.61. The van der Waals surface area contributed by atoms with Crippen LogP contribution in [0.3, 0.4) is 0 Å². The summed E-state index contributed by atoms with van der Waals surface area (Å²) < 4.78 is 0. The third kappa shape index (κ3) is 5.40. The quantitative estimate of drug-likeness (QED) is 0.633. The van der Waals surface area contributed by atoms with Gasteiger partial charge in [0.1, 0.15) is 5.82 Å². The SMILES string of the molecule is CCCCCCCNc1cnc(N(CC)CC)c(C)c1. The first-order valence-corrected chi connectivity index (χ1v) is 8.18. The summed E-state index contributed by atoms with van der Waals surface area (Å²) in [5.74, 6) is 1.11.